The van der Waals surface area contributed by atoms with E-state index in [2.05, 4.69) is 39.1 Å². The predicted molar refractivity (Wildman–Crippen MR) is 88.4 cm³/mol. The maximum atomic E-state index is 12.0. The minimum Gasteiger partial charge on any atom is -0.345 e. The smallest absolute Gasteiger partial charge is 0.271 e. The lowest BCUT2D eigenvalue weighted by atomic mass is 10.2. The molecule has 1 aliphatic heterocycles. The Balaban J connectivity index is 1.59. The molecule has 2 N–H and O–H groups in total. The number of hydrogen-bond acceptors (Lipinski definition) is 5. The van der Waals surface area contributed by atoms with Crippen molar-refractivity contribution in [3.05, 3.63) is 45.9 Å². The average Bonchev–Trinajstić information content (AvgIpc) is 2.95. The fourth-order valence-electron chi connectivity index (χ4n) is 2.87. The molecule has 3 rings (SSSR count). The first-order valence-corrected chi connectivity index (χ1v) is 8.12. The number of aromatic nitrogens is 4. The minimum atomic E-state index is -0.335. The molecule has 0 atom stereocenters. The molecule has 0 aromatic carbocycles. The first-order chi connectivity index (χ1) is 11.5. The lowest BCUT2D eigenvalue weighted by Crippen LogP contribution is -2.36. The van der Waals surface area contributed by atoms with E-state index < -0.39 is 0 Å². The molecule has 8 nitrogen and oxygen atoms in total. The highest BCUT2D eigenvalue weighted by molar-refractivity contribution is 5.91. The van der Waals surface area contributed by atoms with Crippen LogP contribution in [0.4, 0.5) is 0 Å². The number of amides is 1. The number of carbonyl (C=O) groups is 1. The monoisotopic (exact) mass is 330 g/mol. The highest BCUT2D eigenvalue weighted by Crippen LogP contribution is 2.15. The average molecular weight is 330 g/mol. The first-order valence-electron chi connectivity index (χ1n) is 8.12. The van der Waals surface area contributed by atoms with Gasteiger partial charge in [-0.2, -0.15) is 5.10 Å². The molecule has 3 heterocycles. The van der Waals surface area contributed by atoms with Gasteiger partial charge in [0.25, 0.3) is 11.5 Å². The van der Waals surface area contributed by atoms with Gasteiger partial charge in [-0.1, -0.05) is 13.8 Å². The van der Waals surface area contributed by atoms with E-state index in [4.69, 9.17) is 0 Å². The first kappa shape index (κ1) is 16.4. The largest absolute Gasteiger partial charge is 0.345 e. The third kappa shape index (κ3) is 3.88. The van der Waals surface area contributed by atoms with Crippen molar-refractivity contribution < 1.29 is 4.79 Å². The second-order valence-corrected chi connectivity index (χ2v) is 6.46. The Kier molecular flexibility index (Phi) is 4.75. The maximum absolute atomic E-state index is 12.0. The van der Waals surface area contributed by atoms with Crippen molar-refractivity contribution >= 4 is 5.91 Å². The summed E-state index contributed by atoms with van der Waals surface area (Å²) in [5.74, 6) is 0.307. The molecule has 128 valence electrons. The topological polar surface area (TPSA) is 95.9 Å². The summed E-state index contributed by atoms with van der Waals surface area (Å²) in [5.41, 5.74) is 1.85. The van der Waals surface area contributed by atoms with Crippen molar-refractivity contribution in [2.45, 2.75) is 33.5 Å². The van der Waals surface area contributed by atoms with Gasteiger partial charge >= 0.3 is 0 Å². The summed E-state index contributed by atoms with van der Waals surface area (Å²) in [7, 11) is 0. The number of carbonyl (C=O) groups excluding carboxylic acids is 1. The number of fused-ring (bicyclic) bond motifs is 1. The van der Waals surface area contributed by atoms with E-state index in [1.807, 2.05) is 10.7 Å². The van der Waals surface area contributed by atoms with Crippen LogP contribution in [0, 0.1) is 5.92 Å². The van der Waals surface area contributed by atoms with Crippen LogP contribution >= 0.6 is 0 Å². The van der Waals surface area contributed by atoms with Gasteiger partial charge in [-0.15, -0.1) is 0 Å². The van der Waals surface area contributed by atoms with Crippen molar-refractivity contribution in [1.82, 2.24) is 30.0 Å². The Morgan fingerprint density at radius 3 is 2.96 bits per heavy atom. The van der Waals surface area contributed by atoms with E-state index in [1.165, 1.54) is 11.9 Å². The lowest BCUT2D eigenvalue weighted by Gasteiger charge is -2.28. The number of nitrogens with one attached hydrogen (secondary N) is 2. The van der Waals surface area contributed by atoms with Crippen LogP contribution in [0.3, 0.4) is 0 Å². The molecule has 0 saturated carbocycles. The number of H-pyrrole nitrogens is 1. The Bertz CT molecular complexity index is 759. The van der Waals surface area contributed by atoms with Gasteiger partial charge in [0.2, 0.25) is 0 Å². The molecule has 0 bridgehead atoms. The molecule has 1 amide bonds. The zero-order valence-electron chi connectivity index (χ0n) is 14.0. The van der Waals surface area contributed by atoms with Gasteiger partial charge in [-0.25, -0.2) is 4.98 Å². The van der Waals surface area contributed by atoms with Crippen LogP contribution in [0.25, 0.3) is 0 Å². The standard InChI is InChI=1S/C16H22N6O2/c1-11(2)9-21-3-4-22-13(10-21)5-12(20-22)6-19-16(24)14-7-18-15(23)8-17-14/h5,7-8,11H,3-4,6,9-10H2,1-2H3,(H,18,23)(H,19,24). The maximum Gasteiger partial charge on any atom is 0.271 e. The third-order valence-corrected chi connectivity index (χ3v) is 3.89. The third-order valence-electron chi connectivity index (χ3n) is 3.89. The van der Waals surface area contributed by atoms with Crippen molar-refractivity contribution in [2.75, 3.05) is 13.1 Å². The highest BCUT2D eigenvalue weighted by Gasteiger charge is 2.19. The number of nitrogens with zero attached hydrogens (tertiary/aromatic N) is 4. The Morgan fingerprint density at radius 2 is 2.25 bits per heavy atom. The fourth-order valence-corrected chi connectivity index (χ4v) is 2.87. The predicted octanol–water partition coefficient (Wildman–Crippen LogP) is 0.368. The summed E-state index contributed by atoms with van der Waals surface area (Å²) in [5, 5.41) is 7.32. The van der Waals surface area contributed by atoms with E-state index in [0.29, 0.717) is 12.5 Å². The Labute approximate surface area is 139 Å². The number of rotatable bonds is 5. The lowest BCUT2D eigenvalue weighted by molar-refractivity contribution is 0.0945. The van der Waals surface area contributed by atoms with Gasteiger partial charge in [0.05, 0.1) is 30.7 Å². The molecular weight excluding hydrogens is 308 g/mol. The van der Waals surface area contributed by atoms with Crippen LogP contribution in [0.2, 0.25) is 0 Å². The molecule has 0 radical (unpaired) electrons. The van der Waals surface area contributed by atoms with Crippen molar-refractivity contribution in [1.29, 1.82) is 0 Å². The van der Waals surface area contributed by atoms with Crippen LogP contribution in [-0.2, 0) is 19.6 Å². The molecule has 0 aliphatic carbocycles. The molecule has 0 spiro atoms. The number of hydrogen-bond donors (Lipinski definition) is 2. The van der Waals surface area contributed by atoms with E-state index >= 15 is 0 Å². The second kappa shape index (κ2) is 6.96. The van der Waals surface area contributed by atoms with Crippen molar-refractivity contribution in [2.24, 2.45) is 5.92 Å². The summed E-state index contributed by atoms with van der Waals surface area (Å²) in [4.78, 5) is 31.6. The van der Waals surface area contributed by atoms with Gasteiger partial charge in [0.1, 0.15) is 5.69 Å². The molecule has 0 unspecified atom stereocenters. The molecule has 1 aliphatic rings. The molecule has 2 aromatic heterocycles. The summed E-state index contributed by atoms with van der Waals surface area (Å²) >= 11 is 0. The van der Waals surface area contributed by atoms with Gasteiger partial charge in [-0.3, -0.25) is 19.2 Å². The van der Waals surface area contributed by atoms with E-state index in [-0.39, 0.29) is 17.2 Å². The Hall–Kier alpha value is -2.48. The zero-order valence-corrected chi connectivity index (χ0v) is 14.0. The van der Waals surface area contributed by atoms with Crippen LogP contribution in [0.5, 0.6) is 0 Å². The van der Waals surface area contributed by atoms with Crippen LogP contribution in [0.15, 0.2) is 23.3 Å². The van der Waals surface area contributed by atoms with E-state index in [9.17, 15) is 9.59 Å². The normalized spacial score (nSPS) is 14.6. The molecule has 24 heavy (non-hydrogen) atoms. The summed E-state index contributed by atoms with van der Waals surface area (Å²) in [6.45, 7) is 8.62. The second-order valence-electron chi connectivity index (χ2n) is 6.46. The van der Waals surface area contributed by atoms with Crippen LogP contribution < -0.4 is 10.9 Å². The molecule has 0 fully saturated rings. The summed E-state index contributed by atoms with van der Waals surface area (Å²) < 4.78 is 2.01. The van der Waals surface area contributed by atoms with E-state index in [1.54, 1.807) is 0 Å². The van der Waals surface area contributed by atoms with Gasteiger partial charge in [0, 0.05) is 25.8 Å². The number of aromatic amines is 1. The quantitative estimate of drug-likeness (QED) is 0.826. The van der Waals surface area contributed by atoms with Crippen molar-refractivity contribution in [3.63, 3.8) is 0 Å². The summed E-state index contributed by atoms with van der Waals surface area (Å²) in [6, 6.07) is 2.03. The molecular formula is C16H22N6O2. The Morgan fingerprint density at radius 1 is 1.42 bits per heavy atom. The molecule has 0 saturated heterocycles. The highest BCUT2D eigenvalue weighted by atomic mass is 16.2. The molecule has 2 aromatic rings. The summed E-state index contributed by atoms with van der Waals surface area (Å²) in [6.07, 6.45) is 2.40. The van der Waals surface area contributed by atoms with Gasteiger partial charge in [-0.05, 0) is 12.0 Å². The zero-order chi connectivity index (χ0) is 17.1. The fraction of sp³-hybridized carbons (Fsp3) is 0.500. The van der Waals surface area contributed by atoms with E-state index in [0.717, 1.165) is 38.1 Å². The minimum absolute atomic E-state index is 0.182. The van der Waals surface area contributed by atoms with Crippen LogP contribution in [-0.4, -0.2) is 43.6 Å². The van der Waals surface area contributed by atoms with Crippen LogP contribution in [0.1, 0.15) is 35.7 Å². The SMILES string of the molecule is CC(C)CN1CCn2nc(CNC(=O)c3c[nH]c(=O)cn3)cc2C1. The van der Waals surface area contributed by atoms with Gasteiger partial charge < -0.3 is 10.3 Å². The van der Waals surface area contributed by atoms with Crippen molar-refractivity contribution in [3.8, 4) is 0 Å². The molecule has 8 heteroatoms. The van der Waals surface area contributed by atoms with Gasteiger partial charge in [0.15, 0.2) is 0 Å².